The molecule has 2 N–H and O–H groups in total. The van der Waals surface area contributed by atoms with Crippen molar-refractivity contribution in [2.75, 3.05) is 11.4 Å². The van der Waals surface area contributed by atoms with E-state index in [-0.39, 0.29) is 27.0 Å². The van der Waals surface area contributed by atoms with E-state index in [0.29, 0.717) is 0 Å². The molecule has 0 aliphatic rings. The van der Waals surface area contributed by atoms with Gasteiger partial charge in [0, 0.05) is 18.6 Å². The van der Waals surface area contributed by atoms with Gasteiger partial charge >= 0.3 is 0 Å². The van der Waals surface area contributed by atoms with Gasteiger partial charge in [0.1, 0.15) is 11.3 Å². The van der Waals surface area contributed by atoms with Gasteiger partial charge < -0.3 is 5.73 Å². The number of hydrogen-bond acceptors (Lipinski definition) is 4. The van der Waals surface area contributed by atoms with E-state index < -0.39 is 21.7 Å². The predicted octanol–water partition coefficient (Wildman–Crippen LogP) is 2.30. The summed E-state index contributed by atoms with van der Waals surface area (Å²) in [4.78, 5) is 15.4. The van der Waals surface area contributed by atoms with Gasteiger partial charge in [0.15, 0.2) is 0 Å². The Bertz CT molecular complexity index is 1080. The number of para-hydroxylation sites is 1. The zero-order chi connectivity index (χ0) is 18.2. The molecule has 1 heterocycles. The Labute approximate surface area is 143 Å². The third kappa shape index (κ3) is 2.80. The second-order valence-electron chi connectivity index (χ2n) is 5.30. The molecule has 0 aliphatic carbocycles. The third-order valence-corrected chi connectivity index (χ3v) is 5.66. The maximum absolute atomic E-state index is 13.9. The number of fused-ring (bicyclic) bond motifs is 1. The Morgan fingerprint density at radius 3 is 2.56 bits per heavy atom. The maximum Gasteiger partial charge on any atom is 0.264 e. The lowest BCUT2D eigenvalue weighted by Gasteiger charge is -2.22. The van der Waals surface area contributed by atoms with Crippen molar-refractivity contribution in [2.45, 2.75) is 4.90 Å². The smallest absolute Gasteiger partial charge is 0.264 e. The minimum Gasteiger partial charge on any atom is -0.366 e. The molecule has 0 radical (unpaired) electrons. The molecule has 0 unspecified atom stereocenters. The van der Waals surface area contributed by atoms with Crippen molar-refractivity contribution in [3.63, 3.8) is 0 Å². The molecular weight excluding hydrogens is 345 g/mol. The highest BCUT2D eigenvalue weighted by Crippen LogP contribution is 2.30. The number of rotatable bonds is 4. The highest BCUT2D eigenvalue weighted by atomic mass is 32.2. The first-order valence-electron chi connectivity index (χ1n) is 7.25. The highest BCUT2D eigenvalue weighted by molar-refractivity contribution is 7.93. The second-order valence-corrected chi connectivity index (χ2v) is 7.24. The van der Waals surface area contributed by atoms with E-state index >= 15 is 0 Å². The van der Waals surface area contributed by atoms with Crippen LogP contribution in [0.5, 0.6) is 0 Å². The highest BCUT2D eigenvalue weighted by Gasteiger charge is 2.27. The summed E-state index contributed by atoms with van der Waals surface area (Å²) < 4.78 is 41.0. The van der Waals surface area contributed by atoms with E-state index in [2.05, 4.69) is 4.98 Å². The van der Waals surface area contributed by atoms with Crippen molar-refractivity contribution >= 4 is 32.5 Å². The molecule has 6 nitrogen and oxygen atoms in total. The first-order chi connectivity index (χ1) is 11.8. The van der Waals surface area contributed by atoms with Crippen molar-refractivity contribution in [3.05, 3.63) is 66.1 Å². The molecule has 0 saturated carbocycles. The number of primary amides is 1. The SMILES string of the molecule is CN(c1ccccc1C(N)=O)S(=O)(=O)c1ccc(F)c2ncccc12. The molecule has 3 aromatic rings. The van der Waals surface area contributed by atoms with Crippen LogP contribution in [-0.4, -0.2) is 26.4 Å². The molecule has 0 atom stereocenters. The third-order valence-electron chi connectivity index (χ3n) is 3.83. The summed E-state index contributed by atoms with van der Waals surface area (Å²) in [7, 11) is -2.76. The first-order valence-corrected chi connectivity index (χ1v) is 8.69. The van der Waals surface area contributed by atoms with Crippen molar-refractivity contribution in [3.8, 4) is 0 Å². The number of aromatic nitrogens is 1. The lowest BCUT2D eigenvalue weighted by atomic mass is 10.2. The zero-order valence-corrected chi connectivity index (χ0v) is 14.0. The normalized spacial score (nSPS) is 11.4. The number of benzene rings is 2. The quantitative estimate of drug-likeness (QED) is 0.773. The van der Waals surface area contributed by atoms with Crippen LogP contribution in [0, 0.1) is 5.82 Å². The van der Waals surface area contributed by atoms with Crippen LogP contribution in [0.3, 0.4) is 0 Å². The topological polar surface area (TPSA) is 93.4 Å². The largest absolute Gasteiger partial charge is 0.366 e. The average Bonchev–Trinajstić information content (AvgIpc) is 2.61. The molecule has 128 valence electrons. The van der Waals surface area contributed by atoms with Gasteiger partial charge in [-0.15, -0.1) is 0 Å². The molecule has 0 bridgehead atoms. The summed E-state index contributed by atoms with van der Waals surface area (Å²) in [6, 6.07) is 11.3. The molecule has 2 aromatic carbocycles. The van der Waals surface area contributed by atoms with Crippen molar-refractivity contribution in [2.24, 2.45) is 5.73 Å². The number of anilines is 1. The van der Waals surface area contributed by atoms with Gasteiger partial charge in [-0.05, 0) is 36.4 Å². The number of pyridine rings is 1. The van der Waals surface area contributed by atoms with Gasteiger partial charge in [0.25, 0.3) is 15.9 Å². The maximum atomic E-state index is 13.9. The zero-order valence-electron chi connectivity index (χ0n) is 13.2. The second kappa shape index (κ2) is 6.14. The van der Waals surface area contributed by atoms with E-state index in [1.165, 1.54) is 43.6 Å². The summed E-state index contributed by atoms with van der Waals surface area (Å²) >= 11 is 0. The van der Waals surface area contributed by atoms with Crippen LogP contribution in [0.15, 0.2) is 59.6 Å². The van der Waals surface area contributed by atoms with Crippen LogP contribution in [-0.2, 0) is 10.0 Å². The van der Waals surface area contributed by atoms with Crippen LogP contribution in [0.2, 0.25) is 0 Å². The van der Waals surface area contributed by atoms with Crippen molar-refractivity contribution in [1.29, 1.82) is 0 Å². The molecular formula is C17H14FN3O3S. The summed E-state index contributed by atoms with van der Waals surface area (Å²) in [6.07, 6.45) is 1.38. The summed E-state index contributed by atoms with van der Waals surface area (Å²) in [5.41, 5.74) is 5.49. The summed E-state index contributed by atoms with van der Waals surface area (Å²) in [5, 5.41) is 0.158. The molecule has 3 rings (SSSR count). The minimum absolute atomic E-state index is 0.0415. The molecule has 1 amide bonds. The van der Waals surface area contributed by atoms with Crippen LogP contribution in [0.25, 0.3) is 10.9 Å². The number of sulfonamides is 1. The first kappa shape index (κ1) is 16.8. The standard InChI is InChI=1S/C17H14FN3O3S/c1-21(14-7-3-2-5-11(14)17(19)22)25(23,24)15-9-8-13(18)16-12(15)6-4-10-20-16/h2-10H,1H3,(H2,19,22). The number of nitrogens with zero attached hydrogens (tertiary/aromatic N) is 2. The monoisotopic (exact) mass is 359 g/mol. The molecule has 8 heteroatoms. The van der Waals surface area contributed by atoms with Crippen molar-refractivity contribution < 1.29 is 17.6 Å². The Hall–Kier alpha value is -3.00. The fraction of sp³-hybridized carbons (Fsp3) is 0.0588. The van der Waals surface area contributed by atoms with E-state index in [0.717, 1.165) is 10.4 Å². The number of nitrogens with two attached hydrogens (primary N) is 1. The van der Waals surface area contributed by atoms with E-state index in [9.17, 15) is 17.6 Å². The minimum atomic E-state index is -4.07. The van der Waals surface area contributed by atoms with E-state index in [1.54, 1.807) is 12.1 Å². The molecule has 25 heavy (non-hydrogen) atoms. The molecule has 0 saturated heterocycles. The van der Waals surface area contributed by atoms with E-state index in [1.807, 2.05) is 0 Å². The Balaban J connectivity index is 2.22. The average molecular weight is 359 g/mol. The Kier molecular flexibility index (Phi) is 4.13. The lowest BCUT2D eigenvalue weighted by molar-refractivity contribution is 0.100. The number of carbonyl (C=O) groups excluding carboxylic acids is 1. The van der Waals surface area contributed by atoms with Crippen LogP contribution < -0.4 is 10.0 Å². The fourth-order valence-electron chi connectivity index (χ4n) is 2.57. The van der Waals surface area contributed by atoms with Crippen LogP contribution >= 0.6 is 0 Å². The molecule has 0 spiro atoms. The Morgan fingerprint density at radius 1 is 1.12 bits per heavy atom. The van der Waals surface area contributed by atoms with Gasteiger partial charge in [-0.25, -0.2) is 12.8 Å². The number of amides is 1. The number of halogens is 1. The van der Waals surface area contributed by atoms with Crippen molar-refractivity contribution in [1.82, 2.24) is 4.98 Å². The summed E-state index contributed by atoms with van der Waals surface area (Å²) in [6.45, 7) is 0. The van der Waals surface area contributed by atoms with Gasteiger partial charge in [-0.2, -0.15) is 0 Å². The van der Waals surface area contributed by atoms with Gasteiger partial charge in [0.05, 0.1) is 16.1 Å². The molecule has 1 aromatic heterocycles. The van der Waals surface area contributed by atoms with Crippen LogP contribution in [0.4, 0.5) is 10.1 Å². The molecule has 0 fully saturated rings. The number of hydrogen-bond donors (Lipinski definition) is 1. The van der Waals surface area contributed by atoms with Gasteiger partial charge in [0.2, 0.25) is 0 Å². The van der Waals surface area contributed by atoms with Gasteiger partial charge in [-0.3, -0.25) is 14.1 Å². The van der Waals surface area contributed by atoms with Crippen LogP contribution in [0.1, 0.15) is 10.4 Å². The fourth-order valence-corrected chi connectivity index (χ4v) is 3.97. The number of carbonyl (C=O) groups is 1. The lowest BCUT2D eigenvalue weighted by Crippen LogP contribution is -2.29. The van der Waals surface area contributed by atoms with Gasteiger partial charge in [-0.1, -0.05) is 12.1 Å². The predicted molar refractivity (Wildman–Crippen MR) is 92.2 cm³/mol. The van der Waals surface area contributed by atoms with E-state index in [4.69, 9.17) is 5.73 Å². The Morgan fingerprint density at radius 2 is 1.84 bits per heavy atom. The summed E-state index contributed by atoms with van der Waals surface area (Å²) in [5.74, 6) is -1.36. The molecule has 0 aliphatic heterocycles.